The number of hydrogen-bond acceptors (Lipinski definition) is 4. The Bertz CT molecular complexity index is 2380. The number of carboxylic acid groups (broad SMARTS) is 4. The van der Waals surface area contributed by atoms with Crippen molar-refractivity contribution in [3.63, 3.8) is 0 Å². The predicted octanol–water partition coefficient (Wildman–Crippen LogP) is 2.27. The average Bonchev–Trinajstić information content (AvgIpc) is 3.91. The van der Waals surface area contributed by atoms with E-state index in [1.54, 1.807) is 0 Å². The van der Waals surface area contributed by atoms with Crippen LogP contribution >= 0.6 is 0 Å². The molecule has 1 aliphatic heterocycles. The van der Waals surface area contributed by atoms with Gasteiger partial charge in [0.05, 0.1) is 11.8 Å². The Morgan fingerprint density at radius 3 is 1.62 bits per heavy atom. The highest BCUT2D eigenvalue weighted by Gasteiger charge is 2.47. The van der Waals surface area contributed by atoms with Crippen molar-refractivity contribution in [1.29, 1.82) is 0 Å². The minimum Gasteiger partial charge on any atom is -0.481 e. The van der Waals surface area contributed by atoms with Crippen molar-refractivity contribution in [3.8, 4) is 0 Å². The van der Waals surface area contributed by atoms with Gasteiger partial charge >= 0.3 is 23.9 Å². The van der Waals surface area contributed by atoms with E-state index < -0.39 is 35.7 Å². The Kier molecular flexibility index (Phi) is 7.99. The summed E-state index contributed by atoms with van der Waals surface area (Å²) in [5.41, 5.74) is 10.1. The highest BCUT2D eigenvalue weighted by molar-refractivity contribution is 5.78. The largest absolute Gasteiger partial charge is 0.481 e. The third kappa shape index (κ3) is 5.78. The van der Waals surface area contributed by atoms with E-state index in [0.717, 1.165) is 77.6 Å². The van der Waals surface area contributed by atoms with Gasteiger partial charge in [-0.2, -0.15) is 0 Å². The van der Waals surface area contributed by atoms with Gasteiger partial charge in [0.15, 0.2) is 0 Å². The number of aliphatic carboxylic acids is 4. The lowest BCUT2D eigenvalue weighted by atomic mass is 10.0. The van der Waals surface area contributed by atoms with E-state index >= 15 is 0 Å². The molecule has 12 nitrogen and oxygen atoms in total. The number of aromatic nitrogens is 4. The van der Waals surface area contributed by atoms with Crippen LogP contribution in [0.1, 0.15) is 105 Å². The van der Waals surface area contributed by atoms with Gasteiger partial charge in [-0.3, -0.25) is 19.2 Å². The summed E-state index contributed by atoms with van der Waals surface area (Å²) in [6, 6.07) is 0. The minimum absolute atomic E-state index is 0.0771. The van der Waals surface area contributed by atoms with Crippen LogP contribution in [-0.4, -0.2) is 64.2 Å². The van der Waals surface area contributed by atoms with E-state index in [-0.39, 0.29) is 37.5 Å². The zero-order chi connectivity index (χ0) is 35.8. The second-order valence-electron chi connectivity index (χ2n) is 14.0. The molecule has 8 bridgehead atoms. The van der Waals surface area contributed by atoms with Gasteiger partial charge in [-0.25, -0.2) is 0 Å². The third-order valence-electron chi connectivity index (χ3n) is 10.9. The lowest BCUT2D eigenvalue weighted by Gasteiger charge is -2.02. The molecule has 0 unspecified atom stereocenters. The molecule has 4 aromatic rings. The molecular weight excluding hydrogens is 640 g/mol. The molecular formula is C38H40N4O8. The lowest BCUT2D eigenvalue weighted by molar-refractivity contribution is -0.139. The number of carbonyl (C=O) groups is 4. The van der Waals surface area contributed by atoms with Gasteiger partial charge in [-0.05, 0) is 122 Å². The number of hydrogen-bond donors (Lipinski definition) is 8. The van der Waals surface area contributed by atoms with Crippen molar-refractivity contribution in [2.24, 2.45) is 11.8 Å². The van der Waals surface area contributed by atoms with Crippen LogP contribution in [0.2, 0.25) is 0 Å². The quantitative estimate of drug-likeness (QED) is 0.109. The first-order chi connectivity index (χ1) is 23.7. The summed E-state index contributed by atoms with van der Waals surface area (Å²) >= 11 is 0. The maximum Gasteiger partial charge on any atom is 0.307 e. The molecule has 3 aliphatic rings. The first-order valence-corrected chi connectivity index (χ1v) is 16.9. The molecule has 2 fully saturated rings. The molecule has 12 heteroatoms. The number of nitrogens with one attached hydrogen (secondary N) is 4. The maximum absolute atomic E-state index is 12.0. The zero-order valence-corrected chi connectivity index (χ0v) is 28.3. The molecule has 260 valence electrons. The van der Waals surface area contributed by atoms with E-state index in [4.69, 9.17) is 0 Å². The van der Waals surface area contributed by atoms with Gasteiger partial charge in [0.1, 0.15) is 0 Å². The summed E-state index contributed by atoms with van der Waals surface area (Å²) in [6.07, 6.45) is 9.26. The fourth-order valence-corrected chi connectivity index (χ4v) is 7.93. The van der Waals surface area contributed by atoms with E-state index in [0.29, 0.717) is 23.9 Å². The number of fused-ring (bicyclic) bond motifs is 8. The van der Waals surface area contributed by atoms with Crippen LogP contribution in [0.3, 0.4) is 0 Å². The van der Waals surface area contributed by atoms with E-state index in [1.807, 2.05) is 52.0 Å². The van der Waals surface area contributed by atoms with Gasteiger partial charge in [0.2, 0.25) is 0 Å². The van der Waals surface area contributed by atoms with Crippen LogP contribution in [0.5, 0.6) is 0 Å². The number of carboxylic acids is 4. The average molecular weight is 681 g/mol. The molecule has 5 heterocycles. The zero-order valence-electron chi connectivity index (χ0n) is 28.3. The van der Waals surface area contributed by atoms with E-state index in [9.17, 15) is 39.6 Å². The topological polar surface area (TPSA) is 212 Å². The maximum atomic E-state index is 12.0. The molecule has 4 aromatic heterocycles. The normalized spacial score (nSPS) is 20.2. The van der Waals surface area contributed by atoms with Crippen LogP contribution < -0.4 is 21.4 Å². The SMILES string of the molecule is Cc1c2[nH]c(c1CCC(=O)O)C=c1[nH]c(c(C)c1CCC(=O)O)=Cc1[nH]c(c(C)c1[C@@H]1C[C@@H]1C(=O)O)C=c1[nH]c(c(C)c1[C@@H]1C[C@@H]1C(=O)O)=C2. The van der Waals surface area contributed by atoms with Crippen molar-refractivity contribution in [2.75, 3.05) is 0 Å². The van der Waals surface area contributed by atoms with Crippen molar-refractivity contribution in [1.82, 2.24) is 19.9 Å². The highest BCUT2D eigenvalue weighted by Crippen LogP contribution is 2.51. The summed E-state index contributed by atoms with van der Waals surface area (Å²) in [4.78, 5) is 61.5. The van der Waals surface area contributed by atoms with Crippen LogP contribution in [0, 0.1) is 39.5 Å². The summed E-state index contributed by atoms with van der Waals surface area (Å²) < 4.78 is 0. The second-order valence-corrected chi connectivity index (χ2v) is 14.0. The van der Waals surface area contributed by atoms with Gasteiger partial charge in [-0.15, -0.1) is 0 Å². The number of rotatable bonds is 10. The molecule has 8 N–H and O–H groups in total. The fraction of sp³-hybridized carbons (Fsp3) is 0.368. The Morgan fingerprint density at radius 2 is 1.02 bits per heavy atom. The first-order valence-electron chi connectivity index (χ1n) is 16.9. The van der Waals surface area contributed by atoms with E-state index in [1.165, 1.54) is 0 Å². The first kappa shape index (κ1) is 33.0. The molecule has 0 saturated heterocycles. The van der Waals surface area contributed by atoms with Crippen molar-refractivity contribution in [2.45, 2.75) is 78.1 Å². The third-order valence-corrected chi connectivity index (χ3v) is 10.9. The highest BCUT2D eigenvalue weighted by atomic mass is 16.4. The molecule has 2 saturated carbocycles. The molecule has 4 atom stereocenters. The predicted molar refractivity (Wildman–Crippen MR) is 184 cm³/mol. The standard InChI is InChI=1S/C38H40N4O8/c1-15-19(5-7-33(43)44)29-14-30-20(6-8-34(45)46)16(2)26(40-30)12-31-36(22-10-24(22)38(49)50)18(4)28(42-31)13-32-35(21-9-23(21)37(47)48)17(3)27(41-32)11-25(15)39-29/h11-14,21-24,39-42H,5-10H2,1-4H3,(H,43,44)(H,45,46)(H,47,48)(H,49,50)/t21-,22-,23+,24+/m1/s1. The Labute approximate surface area is 286 Å². The van der Waals surface area contributed by atoms with Crippen LogP contribution in [0.4, 0.5) is 0 Å². The van der Waals surface area contributed by atoms with Crippen LogP contribution in [0.25, 0.3) is 24.3 Å². The van der Waals surface area contributed by atoms with Gasteiger partial charge in [0.25, 0.3) is 0 Å². The Hall–Kier alpha value is -5.52. The van der Waals surface area contributed by atoms with Gasteiger partial charge in [-0.1, -0.05) is 0 Å². The molecule has 0 radical (unpaired) electrons. The Morgan fingerprint density at radius 1 is 0.540 bits per heavy atom. The molecule has 0 spiro atoms. The van der Waals surface area contributed by atoms with Crippen LogP contribution in [0.15, 0.2) is 0 Å². The summed E-state index contributed by atoms with van der Waals surface area (Å²) in [6.45, 7) is 7.82. The molecule has 0 aromatic carbocycles. The lowest BCUT2D eigenvalue weighted by Crippen LogP contribution is -2.14. The van der Waals surface area contributed by atoms with Gasteiger partial charge in [0, 0.05) is 68.8 Å². The fourth-order valence-electron chi connectivity index (χ4n) is 7.93. The summed E-state index contributed by atoms with van der Waals surface area (Å²) in [7, 11) is 0. The second kappa shape index (κ2) is 12.1. The molecule has 0 amide bonds. The molecule has 2 aliphatic carbocycles. The summed E-state index contributed by atoms with van der Waals surface area (Å²) in [5, 5.41) is 41.9. The molecule has 50 heavy (non-hydrogen) atoms. The van der Waals surface area contributed by atoms with Crippen molar-refractivity contribution in [3.05, 3.63) is 88.7 Å². The Balaban J connectivity index is 1.55. The number of aromatic amines is 4. The van der Waals surface area contributed by atoms with Gasteiger partial charge < -0.3 is 40.4 Å². The summed E-state index contributed by atoms with van der Waals surface area (Å²) in [5.74, 6) is -4.85. The smallest absolute Gasteiger partial charge is 0.307 e. The molecule has 7 rings (SSSR count). The minimum atomic E-state index is -0.924. The van der Waals surface area contributed by atoms with Crippen molar-refractivity contribution < 1.29 is 39.6 Å². The number of H-pyrrole nitrogens is 4. The van der Waals surface area contributed by atoms with E-state index in [2.05, 4.69) is 19.9 Å². The van der Waals surface area contributed by atoms with Crippen molar-refractivity contribution >= 4 is 48.2 Å². The monoisotopic (exact) mass is 680 g/mol. The van der Waals surface area contributed by atoms with Crippen LogP contribution in [-0.2, 0) is 32.0 Å².